The van der Waals surface area contributed by atoms with Crippen LogP contribution in [0, 0.1) is 5.92 Å². The number of rotatable bonds is 4. The molecule has 4 heteroatoms. The molecule has 1 saturated carbocycles. The number of fused-ring (bicyclic) bond motifs is 1. The number of aromatic hydroxyl groups is 1. The van der Waals surface area contributed by atoms with Crippen LogP contribution in [-0.4, -0.2) is 35.1 Å². The molecule has 0 radical (unpaired) electrons. The van der Waals surface area contributed by atoms with Crippen LogP contribution in [0.1, 0.15) is 56.7 Å². The van der Waals surface area contributed by atoms with Gasteiger partial charge in [0.05, 0.1) is 36.6 Å². The Morgan fingerprint density at radius 2 is 2.08 bits per heavy atom. The lowest BCUT2D eigenvalue weighted by molar-refractivity contribution is 0.171. The van der Waals surface area contributed by atoms with Gasteiger partial charge in [-0.2, -0.15) is 0 Å². The van der Waals surface area contributed by atoms with Crippen molar-refractivity contribution in [2.75, 3.05) is 19.8 Å². The minimum Gasteiger partial charge on any atom is -0.494 e. The lowest BCUT2D eigenvalue weighted by atomic mass is 9.96. The Labute approximate surface area is 149 Å². The van der Waals surface area contributed by atoms with Crippen molar-refractivity contribution in [1.82, 2.24) is 4.57 Å². The van der Waals surface area contributed by atoms with Crippen molar-refractivity contribution >= 4 is 16.6 Å². The fourth-order valence-corrected chi connectivity index (χ4v) is 4.44. The summed E-state index contributed by atoms with van der Waals surface area (Å²) in [5.74, 6) is 1.14. The van der Waals surface area contributed by atoms with Crippen LogP contribution in [0.5, 0.6) is 5.88 Å². The van der Waals surface area contributed by atoms with Crippen molar-refractivity contribution in [3.8, 4) is 5.88 Å². The Kier molecular flexibility index (Phi) is 4.55. The topological polar surface area (TPSA) is 46.8 Å². The summed E-state index contributed by atoms with van der Waals surface area (Å²) in [6.07, 6.45) is 6.59. The third kappa shape index (κ3) is 3.08. The average molecular weight is 340 g/mol. The number of hydrogen-bond donors (Lipinski definition) is 1. The zero-order valence-corrected chi connectivity index (χ0v) is 15.3. The van der Waals surface area contributed by atoms with Gasteiger partial charge in [0.1, 0.15) is 0 Å². The van der Waals surface area contributed by atoms with Gasteiger partial charge in [-0.15, -0.1) is 0 Å². The second-order valence-corrected chi connectivity index (χ2v) is 7.75. The number of hydrogen-bond acceptors (Lipinski definition) is 3. The van der Waals surface area contributed by atoms with Crippen LogP contribution in [-0.2, 0) is 11.2 Å². The van der Waals surface area contributed by atoms with Gasteiger partial charge in [-0.25, -0.2) is 0 Å². The van der Waals surface area contributed by atoms with Gasteiger partial charge >= 0.3 is 0 Å². The van der Waals surface area contributed by atoms with Gasteiger partial charge < -0.3 is 14.4 Å². The molecule has 2 heterocycles. The highest BCUT2D eigenvalue weighted by Crippen LogP contribution is 2.37. The van der Waals surface area contributed by atoms with E-state index in [-0.39, 0.29) is 6.04 Å². The zero-order valence-electron chi connectivity index (χ0n) is 15.3. The summed E-state index contributed by atoms with van der Waals surface area (Å²) in [5.41, 5.74) is 4.22. The van der Waals surface area contributed by atoms with E-state index in [0.29, 0.717) is 25.6 Å². The lowest BCUT2D eigenvalue weighted by Crippen LogP contribution is -2.18. The van der Waals surface area contributed by atoms with Gasteiger partial charge in [-0.05, 0) is 43.9 Å². The van der Waals surface area contributed by atoms with Crippen molar-refractivity contribution in [3.63, 3.8) is 0 Å². The molecule has 2 aliphatic rings. The zero-order chi connectivity index (χ0) is 17.4. The molecular formula is C21H28N2O2. The van der Waals surface area contributed by atoms with Gasteiger partial charge in [-0.1, -0.05) is 31.7 Å². The van der Waals surface area contributed by atoms with Crippen molar-refractivity contribution < 1.29 is 9.84 Å². The van der Waals surface area contributed by atoms with Crippen molar-refractivity contribution in [2.24, 2.45) is 10.9 Å². The summed E-state index contributed by atoms with van der Waals surface area (Å²) in [5, 5.41) is 12.1. The van der Waals surface area contributed by atoms with Gasteiger partial charge in [0.2, 0.25) is 5.88 Å². The van der Waals surface area contributed by atoms with Gasteiger partial charge in [-0.3, -0.25) is 4.99 Å². The highest BCUT2D eigenvalue weighted by molar-refractivity contribution is 6.14. The van der Waals surface area contributed by atoms with E-state index in [1.165, 1.54) is 31.2 Å². The summed E-state index contributed by atoms with van der Waals surface area (Å²) < 4.78 is 7.61. The van der Waals surface area contributed by atoms with Crippen LogP contribution in [0.15, 0.2) is 23.2 Å². The maximum Gasteiger partial charge on any atom is 0.201 e. The molecule has 25 heavy (non-hydrogen) atoms. The van der Waals surface area contributed by atoms with Gasteiger partial charge in [0.15, 0.2) is 0 Å². The third-order valence-corrected chi connectivity index (χ3v) is 5.62. The van der Waals surface area contributed by atoms with E-state index in [1.807, 2.05) is 4.57 Å². The molecule has 1 aromatic carbocycles. The number of nitrogens with zero attached hydrogens (tertiary/aromatic N) is 2. The van der Waals surface area contributed by atoms with Crippen LogP contribution in [0.25, 0.3) is 10.9 Å². The standard InChI is InChI=1S/C21H28N2O2/c1-14(2)23-19-8-7-16(11-15-5-3-4-6-15)12-17(19)20(21(23)24)18-13-25-10-9-22-18/h7-8,12,14-15,24H,3-6,9-11,13H2,1-2H3. The second kappa shape index (κ2) is 6.83. The Morgan fingerprint density at radius 3 is 2.76 bits per heavy atom. The lowest BCUT2D eigenvalue weighted by Gasteiger charge is -2.14. The largest absolute Gasteiger partial charge is 0.494 e. The molecule has 0 saturated heterocycles. The second-order valence-electron chi connectivity index (χ2n) is 7.75. The van der Waals surface area contributed by atoms with E-state index in [9.17, 15) is 5.11 Å². The highest BCUT2D eigenvalue weighted by atomic mass is 16.5. The first-order chi connectivity index (χ1) is 12.1. The normalized spacial score (nSPS) is 19.1. The number of aliphatic imine (C=N–C) groups is 1. The quantitative estimate of drug-likeness (QED) is 0.892. The molecule has 0 bridgehead atoms. The molecule has 1 aromatic heterocycles. The van der Waals surface area contributed by atoms with E-state index in [2.05, 4.69) is 37.0 Å². The molecule has 0 unspecified atom stereocenters. The molecule has 1 N–H and O–H groups in total. The molecule has 4 nitrogen and oxygen atoms in total. The maximum atomic E-state index is 10.9. The van der Waals surface area contributed by atoms with Crippen LogP contribution in [0.2, 0.25) is 0 Å². The summed E-state index contributed by atoms with van der Waals surface area (Å²) >= 11 is 0. The van der Waals surface area contributed by atoms with Crippen molar-refractivity contribution in [2.45, 2.75) is 52.0 Å². The van der Waals surface area contributed by atoms with E-state index < -0.39 is 0 Å². The number of aromatic nitrogens is 1. The molecule has 1 aliphatic carbocycles. The van der Waals surface area contributed by atoms with E-state index in [0.717, 1.165) is 34.5 Å². The highest BCUT2D eigenvalue weighted by Gasteiger charge is 2.24. The number of ether oxygens (including phenoxy) is 1. The first-order valence-electron chi connectivity index (χ1n) is 9.62. The summed E-state index contributed by atoms with van der Waals surface area (Å²) in [4.78, 5) is 4.63. The minimum atomic E-state index is 0.196. The summed E-state index contributed by atoms with van der Waals surface area (Å²) in [6.45, 7) is 6.03. The predicted octanol–water partition coefficient (Wildman–Crippen LogP) is 4.48. The first-order valence-corrected chi connectivity index (χ1v) is 9.62. The van der Waals surface area contributed by atoms with Crippen LogP contribution in [0.3, 0.4) is 0 Å². The molecule has 0 amide bonds. The number of benzene rings is 1. The van der Waals surface area contributed by atoms with E-state index >= 15 is 0 Å². The summed E-state index contributed by atoms with van der Waals surface area (Å²) in [7, 11) is 0. The van der Waals surface area contributed by atoms with E-state index in [1.54, 1.807) is 0 Å². The van der Waals surface area contributed by atoms with Crippen molar-refractivity contribution in [3.05, 3.63) is 29.3 Å². The Balaban J connectivity index is 1.82. The minimum absolute atomic E-state index is 0.196. The SMILES string of the molecule is CC(C)n1c(O)c(C2=NCCOC2)c2cc(CC3CCCC3)ccc21. The van der Waals surface area contributed by atoms with E-state index in [4.69, 9.17) is 4.74 Å². The molecule has 0 spiro atoms. The van der Waals surface area contributed by atoms with Crippen LogP contribution >= 0.6 is 0 Å². The van der Waals surface area contributed by atoms with Gasteiger partial charge in [0.25, 0.3) is 0 Å². The average Bonchev–Trinajstić information content (AvgIpc) is 3.20. The van der Waals surface area contributed by atoms with Crippen molar-refractivity contribution in [1.29, 1.82) is 0 Å². The molecule has 0 atom stereocenters. The maximum absolute atomic E-state index is 10.9. The van der Waals surface area contributed by atoms with Crippen LogP contribution in [0.4, 0.5) is 0 Å². The molecule has 1 fully saturated rings. The molecule has 4 rings (SSSR count). The monoisotopic (exact) mass is 340 g/mol. The molecule has 1 aliphatic heterocycles. The smallest absolute Gasteiger partial charge is 0.201 e. The molecule has 134 valence electrons. The van der Waals surface area contributed by atoms with Gasteiger partial charge in [0, 0.05) is 11.4 Å². The summed E-state index contributed by atoms with van der Waals surface area (Å²) in [6, 6.07) is 6.88. The first kappa shape index (κ1) is 16.6. The molecular weight excluding hydrogens is 312 g/mol. The fourth-order valence-electron chi connectivity index (χ4n) is 4.44. The Morgan fingerprint density at radius 1 is 1.28 bits per heavy atom. The Hall–Kier alpha value is -1.81. The molecule has 2 aromatic rings. The third-order valence-electron chi connectivity index (χ3n) is 5.62. The predicted molar refractivity (Wildman–Crippen MR) is 102 cm³/mol. The Bertz CT molecular complexity index is 798. The van der Waals surface area contributed by atoms with Crippen LogP contribution < -0.4 is 0 Å². The fraction of sp³-hybridized carbons (Fsp3) is 0.571.